The van der Waals surface area contributed by atoms with Crippen molar-refractivity contribution in [2.75, 3.05) is 5.75 Å². The summed E-state index contributed by atoms with van der Waals surface area (Å²) < 4.78 is 0.00729. The Kier molecular flexibility index (Phi) is 3.30. The van der Waals surface area contributed by atoms with E-state index in [1.54, 1.807) is 0 Å². The van der Waals surface area contributed by atoms with Crippen LogP contribution < -0.4 is 0 Å². The van der Waals surface area contributed by atoms with Gasteiger partial charge in [-0.1, -0.05) is 26.2 Å². The molecule has 0 atom stereocenters. The molecule has 2 aliphatic rings. The van der Waals surface area contributed by atoms with Gasteiger partial charge < -0.3 is 0 Å². The molecule has 2 aliphatic carbocycles. The zero-order valence-electron chi connectivity index (χ0n) is 9.72. The van der Waals surface area contributed by atoms with Gasteiger partial charge in [0.25, 0.3) is 0 Å². The van der Waals surface area contributed by atoms with Crippen LogP contribution in [0.15, 0.2) is 0 Å². The summed E-state index contributed by atoms with van der Waals surface area (Å²) in [6.45, 7) is 2.20. The Balaban J connectivity index is 1.90. The van der Waals surface area contributed by atoms with Gasteiger partial charge in [-0.05, 0) is 43.3 Å². The molecule has 0 aromatic carbocycles. The van der Waals surface area contributed by atoms with Gasteiger partial charge in [0.2, 0.25) is 0 Å². The molecule has 0 bridgehead atoms. The summed E-state index contributed by atoms with van der Waals surface area (Å²) in [5, 5.41) is 9.31. The fourth-order valence-electron chi connectivity index (χ4n) is 3.33. The van der Waals surface area contributed by atoms with Gasteiger partial charge in [-0.25, -0.2) is 0 Å². The second kappa shape index (κ2) is 4.37. The van der Waals surface area contributed by atoms with Crippen molar-refractivity contribution >= 4 is 11.8 Å². The topological polar surface area (TPSA) is 23.8 Å². The first-order chi connectivity index (χ1) is 7.24. The van der Waals surface area contributed by atoms with Crippen LogP contribution in [0.5, 0.6) is 0 Å². The van der Waals surface area contributed by atoms with Crippen molar-refractivity contribution in [1.29, 1.82) is 5.26 Å². The molecule has 0 N–H and O–H groups in total. The molecule has 2 saturated carbocycles. The minimum Gasteiger partial charge on any atom is -0.197 e. The molecule has 0 saturated heterocycles. The first-order valence-corrected chi connectivity index (χ1v) is 7.28. The highest BCUT2D eigenvalue weighted by Crippen LogP contribution is 2.61. The first-order valence-electron chi connectivity index (χ1n) is 6.29. The Hall–Kier alpha value is -0.160. The lowest BCUT2D eigenvalue weighted by molar-refractivity contribution is 0.0593. The summed E-state index contributed by atoms with van der Waals surface area (Å²) in [4.78, 5) is 0. The van der Waals surface area contributed by atoms with Crippen molar-refractivity contribution in [3.63, 3.8) is 0 Å². The molecule has 0 heterocycles. The smallest absolute Gasteiger partial charge is 0.103 e. The number of hydrogen-bond donors (Lipinski definition) is 0. The molecule has 2 rings (SSSR count). The van der Waals surface area contributed by atoms with E-state index in [0.717, 1.165) is 5.75 Å². The molecule has 1 nitrogen and oxygen atoms in total. The van der Waals surface area contributed by atoms with E-state index in [4.69, 9.17) is 0 Å². The third kappa shape index (κ3) is 2.18. The second-order valence-corrected chi connectivity index (χ2v) is 6.85. The number of nitrogens with zero attached hydrogens (tertiary/aromatic N) is 1. The third-order valence-electron chi connectivity index (χ3n) is 4.02. The number of rotatable bonds is 3. The fourth-order valence-corrected chi connectivity index (χ4v) is 4.80. The Morgan fingerprint density at radius 2 is 1.87 bits per heavy atom. The zero-order chi connectivity index (χ0) is 10.8. The van der Waals surface area contributed by atoms with E-state index in [0.29, 0.717) is 5.41 Å². The molecule has 0 aromatic rings. The van der Waals surface area contributed by atoms with Crippen LogP contribution in [0.1, 0.15) is 58.3 Å². The Labute approximate surface area is 97.6 Å². The van der Waals surface area contributed by atoms with Crippen LogP contribution in [0.4, 0.5) is 0 Å². The highest BCUT2D eigenvalue weighted by molar-refractivity contribution is 8.00. The maximum absolute atomic E-state index is 9.31. The van der Waals surface area contributed by atoms with Crippen molar-refractivity contribution in [2.45, 2.75) is 63.0 Å². The van der Waals surface area contributed by atoms with E-state index in [1.807, 2.05) is 11.8 Å². The van der Waals surface area contributed by atoms with E-state index in [1.165, 1.54) is 51.4 Å². The van der Waals surface area contributed by atoms with Crippen LogP contribution in [-0.4, -0.2) is 10.5 Å². The standard InChI is InChI=1S/C13H21NS/c1-2-8-15-13(11-14)9-12(10-13)6-4-3-5-7-12/h2-10H2,1H3. The Morgan fingerprint density at radius 1 is 1.20 bits per heavy atom. The molecular formula is C13H21NS. The molecule has 2 fully saturated rings. The number of nitriles is 1. The predicted octanol–water partition coefficient (Wildman–Crippen LogP) is 4.14. The summed E-state index contributed by atoms with van der Waals surface area (Å²) in [6.07, 6.45) is 10.6. The molecule has 2 heteroatoms. The fraction of sp³-hybridized carbons (Fsp3) is 0.923. The van der Waals surface area contributed by atoms with Crippen LogP contribution in [0.3, 0.4) is 0 Å². The van der Waals surface area contributed by atoms with Crippen molar-refractivity contribution in [3.8, 4) is 6.07 Å². The molecule has 0 aliphatic heterocycles. The summed E-state index contributed by atoms with van der Waals surface area (Å²) in [7, 11) is 0. The lowest BCUT2D eigenvalue weighted by Crippen LogP contribution is -2.49. The van der Waals surface area contributed by atoms with Crippen LogP contribution in [0.25, 0.3) is 0 Å². The quantitative estimate of drug-likeness (QED) is 0.718. The van der Waals surface area contributed by atoms with Gasteiger partial charge in [-0.3, -0.25) is 0 Å². The van der Waals surface area contributed by atoms with Gasteiger partial charge in [0.1, 0.15) is 4.75 Å². The van der Waals surface area contributed by atoms with E-state index >= 15 is 0 Å². The molecule has 84 valence electrons. The maximum Gasteiger partial charge on any atom is 0.103 e. The average Bonchev–Trinajstić information content (AvgIpc) is 2.24. The molecule has 0 unspecified atom stereocenters. The SMILES string of the molecule is CCCSC1(C#N)CC2(CCCCC2)C1. The first kappa shape index (κ1) is 11.3. The van der Waals surface area contributed by atoms with Crippen molar-refractivity contribution in [2.24, 2.45) is 5.41 Å². The van der Waals surface area contributed by atoms with Gasteiger partial charge in [-0.2, -0.15) is 5.26 Å². The maximum atomic E-state index is 9.31. The summed E-state index contributed by atoms with van der Waals surface area (Å²) in [5.41, 5.74) is 0.592. The minimum atomic E-state index is 0.00729. The summed E-state index contributed by atoms with van der Waals surface area (Å²) >= 11 is 1.92. The number of hydrogen-bond acceptors (Lipinski definition) is 2. The van der Waals surface area contributed by atoms with Gasteiger partial charge in [-0.15, -0.1) is 11.8 Å². The van der Waals surface area contributed by atoms with Gasteiger partial charge in [0.15, 0.2) is 0 Å². The van der Waals surface area contributed by atoms with Crippen LogP contribution in [-0.2, 0) is 0 Å². The molecule has 1 spiro atoms. The van der Waals surface area contributed by atoms with E-state index < -0.39 is 0 Å². The molecule has 0 aromatic heterocycles. The van der Waals surface area contributed by atoms with E-state index in [2.05, 4.69) is 13.0 Å². The van der Waals surface area contributed by atoms with E-state index in [9.17, 15) is 5.26 Å². The molecule has 15 heavy (non-hydrogen) atoms. The highest BCUT2D eigenvalue weighted by atomic mass is 32.2. The molecular weight excluding hydrogens is 202 g/mol. The van der Waals surface area contributed by atoms with Crippen molar-refractivity contribution in [3.05, 3.63) is 0 Å². The molecule has 0 amide bonds. The normalized spacial score (nSPS) is 26.9. The molecule has 0 radical (unpaired) electrons. The lowest BCUT2D eigenvalue weighted by Gasteiger charge is -2.54. The van der Waals surface area contributed by atoms with Crippen molar-refractivity contribution < 1.29 is 0 Å². The lowest BCUT2D eigenvalue weighted by atomic mass is 9.56. The Morgan fingerprint density at radius 3 is 2.40 bits per heavy atom. The summed E-state index contributed by atoms with van der Waals surface area (Å²) in [6, 6.07) is 2.58. The number of thioether (sulfide) groups is 1. The van der Waals surface area contributed by atoms with Crippen molar-refractivity contribution in [1.82, 2.24) is 0 Å². The Bertz CT molecular complexity index is 252. The van der Waals surface area contributed by atoms with Gasteiger partial charge >= 0.3 is 0 Å². The predicted molar refractivity (Wildman–Crippen MR) is 65.8 cm³/mol. The average molecular weight is 223 g/mol. The van der Waals surface area contributed by atoms with Gasteiger partial charge in [0, 0.05) is 0 Å². The highest BCUT2D eigenvalue weighted by Gasteiger charge is 2.54. The third-order valence-corrected chi connectivity index (χ3v) is 5.57. The largest absolute Gasteiger partial charge is 0.197 e. The monoisotopic (exact) mass is 223 g/mol. The van der Waals surface area contributed by atoms with Crippen LogP contribution in [0, 0.1) is 16.7 Å². The summed E-state index contributed by atoms with van der Waals surface area (Å²) in [5.74, 6) is 1.16. The van der Waals surface area contributed by atoms with E-state index in [-0.39, 0.29) is 4.75 Å². The van der Waals surface area contributed by atoms with Crippen LogP contribution in [0.2, 0.25) is 0 Å². The minimum absolute atomic E-state index is 0.00729. The zero-order valence-corrected chi connectivity index (χ0v) is 10.5. The second-order valence-electron chi connectivity index (χ2n) is 5.37. The van der Waals surface area contributed by atoms with Gasteiger partial charge in [0.05, 0.1) is 6.07 Å². The van der Waals surface area contributed by atoms with Crippen LogP contribution >= 0.6 is 11.8 Å².